The molecule has 0 radical (unpaired) electrons. The fraction of sp³-hybridized carbons (Fsp3) is 0.300. The van der Waals surface area contributed by atoms with Crippen LogP contribution < -0.4 is 5.73 Å². The smallest absolute Gasteiger partial charge is 0.320 e. The largest absolute Gasteiger partial charge is 0.480 e. The van der Waals surface area contributed by atoms with Crippen LogP contribution in [0.5, 0.6) is 0 Å². The van der Waals surface area contributed by atoms with Gasteiger partial charge < -0.3 is 10.8 Å². The van der Waals surface area contributed by atoms with Crippen molar-refractivity contribution in [3.63, 3.8) is 0 Å². The Kier molecular flexibility index (Phi) is 2.21. The maximum atomic E-state index is 10.5. The van der Waals surface area contributed by atoms with Crippen molar-refractivity contribution < 1.29 is 12.6 Å². The molecule has 3 nitrogen and oxygen atoms in total. The second kappa shape index (κ2) is 4.05. The molecule has 0 amide bonds. The van der Waals surface area contributed by atoms with Crippen LogP contribution >= 0.6 is 0 Å². The molecule has 3 N–H and O–H groups in total. The van der Waals surface area contributed by atoms with Gasteiger partial charge in [-0.15, -0.1) is 0 Å². The van der Waals surface area contributed by atoms with Crippen LogP contribution in [0.3, 0.4) is 0 Å². The molecule has 0 aliphatic carbocycles. The van der Waals surface area contributed by atoms with Gasteiger partial charge in [-0.3, -0.25) is 4.79 Å². The van der Waals surface area contributed by atoms with Gasteiger partial charge in [0, 0.05) is 2.74 Å². The van der Waals surface area contributed by atoms with Crippen molar-refractivity contribution in [2.75, 3.05) is 0 Å². The minimum absolute atomic E-state index is 0.260. The third-order valence-electron chi connectivity index (χ3n) is 1.75. The van der Waals surface area contributed by atoms with Crippen LogP contribution in [0.15, 0.2) is 24.3 Å². The Morgan fingerprint density at radius 3 is 2.69 bits per heavy atom. The van der Waals surface area contributed by atoms with Gasteiger partial charge in [-0.1, -0.05) is 29.8 Å². The van der Waals surface area contributed by atoms with Crippen molar-refractivity contribution in [2.24, 2.45) is 5.73 Å². The van der Waals surface area contributed by atoms with E-state index in [-0.39, 0.29) is 6.42 Å². The Morgan fingerprint density at radius 1 is 1.62 bits per heavy atom. The van der Waals surface area contributed by atoms with Crippen molar-refractivity contribution in [3.8, 4) is 0 Å². The number of carboxylic acids is 1. The summed E-state index contributed by atoms with van der Waals surface area (Å²) in [7, 11) is 0. The number of benzene rings is 1. The fourth-order valence-corrected chi connectivity index (χ4v) is 0.995. The lowest BCUT2D eigenvalue weighted by Gasteiger charge is -2.05. The van der Waals surface area contributed by atoms with Gasteiger partial charge in [0.05, 0.1) is 0 Å². The number of aryl methyl sites for hydroxylation is 1. The van der Waals surface area contributed by atoms with Gasteiger partial charge in [0.2, 0.25) is 0 Å². The van der Waals surface area contributed by atoms with Gasteiger partial charge in [0.25, 0.3) is 0 Å². The SMILES string of the molecule is [2H]C([2H])c1ccc(C[C@H](N)C(=O)O)cc1. The molecule has 0 fully saturated rings. The van der Waals surface area contributed by atoms with Crippen LogP contribution in [0.25, 0.3) is 0 Å². The average molecular weight is 181 g/mol. The molecule has 0 saturated carbocycles. The number of aliphatic carboxylic acids is 1. The average Bonchev–Trinajstić information content (AvgIpc) is 2.18. The van der Waals surface area contributed by atoms with Crippen LogP contribution in [0.2, 0.25) is 0 Å². The van der Waals surface area contributed by atoms with Crippen LogP contribution in [0.4, 0.5) is 0 Å². The van der Waals surface area contributed by atoms with Crippen molar-refractivity contribution in [1.29, 1.82) is 0 Å². The lowest BCUT2D eigenvalue weighted by atomic mass is 10.1. The van der Waals surface area contributed by atoms with Crippen LogP contribution in [-0.4, -0.2) is 17.1 Å². The number of carboxylic acid groups (broad SMARTS) is 1. The van der Waals surface area contributed by atoms with E-state index in [4.69, 9.17) is 13.6 Å². The zero-order valence-corrected chi connectivity index (χ0v) is 7.10. The predicted octanol–water partition coefficient (Wildman–Crippen LogP) is 0.949. The summed E-state index contributed by atoms with van der Waals surface area (Å²) in [4.78, 5) is 10.5. The zero-order chi connectivity index (χ0) is 11.4. The van der Waals surface area contributed by atoms with Gasteiger partial charge in [0.1, 0.15) is 6.04 Å². The standard InChI is InChI=1S/C10H13NO2/c1-7-2-4-8(5-3-7)6-9(11)10(12)13/h2-5,9H,6,11H2,1H3,(H,12,13)/t9-/m0/s1/i1D2. The molecule has 70 valence electrons. The van der Waals surface area contributed by atoms with Gasteiger partial charge in [-0.25, -0.2) is 0 Å². The number of nitrogens with two attached hydrogens (primary N) is 1. The summed E-state index contributed by atoms with van der Waals surface area (Å²) in [6.07, 6.45) is 0.260. The second-order valence-electron chi connectivity index (χ2n) is 2.89. The molecule has 0 heterocycles. The number of carbonyl (C=O) groups is 1. The van der Waals surface area contributed by atoms with Gasteiger partial charge in [0.15, 0.2) is 0 Å². The fourth-order valence-electron chi connectivity index (χ4n) is 0.995. The third kappa shape index (κ3) is 2.87. The molecule has 0 aliphatic heterocycles. The summed E-state index contributed by atoms with van der Waals surface area (Å²) >= 11 is 0. The third-order valence-corrected chi connectivity index (χ3v) is 1.75. The van der Waals surface area contributed by atoms with E-state index in [0.29, 0.717) is 5.56 Å². The van der Waals surface area contributed by atoms with E-state index in [1.54, 1.807) is 24.3 Å². The van der Waals surface area contributed by atoms with Crippen molar-refractivity contribution >= 4 is 5.97 Å². The molecular weight excluding hydrogens is 166 g/mol. The molecule has 1 rings (SSSR count). The quantitative estimate of drug-likeness (QED) is 0.729. The Balaban J connectivity index is 2.68. The first kappa shape index (κ1) is 7.09. The molecule has 1 atom stereocenters. The van der Waals surface area contributed by atoms with Crippen molar-refractivity contribution in [3.05, 3.63) is 35.4 Å². The molecule has 3 heteroatoms. The summed E-state index contributed by atoms with van der Waals surface area (Å²) in [5, 5.41) is 8.60. The molecule has 1 aromatic rings. The molecule has 0 bridgehead atoms. The Bertz CT molecular complexity index is 338. The van der Waals surface area contributed by atoms with Crippen molar-refractivity contribution in [1.82, 2.24) is 0 Å². The summed E-state index contributed by atoms with van der Waals surface area (Å²) in [5.41, 5.74) is 6.76. The first-order valence-corrected chi connectivity index (χ1v) is 3.92. The monoisotopic (exact) mass is 181 g/mol. The predicted molar refractivity (Wildman–Crippen MR) is 50.5 cm³/mol. The first-order valence-electron chi connectivity index (χ1n) is 5.08. The van der Waals surface area contributed by atoms with E-state index in [1.165, 1.54) is 0 Å². The Hall–Kier alpha value is -1.35. The topological polar surface area (TPSA) is 63.3 Å². The van der Waals surface area contributed by atoms with E-state index >= 15 is 0 Å². The Labute approximate surface area is 80.0 Å². The van der Waals surface area contributed by atoms with E-state index in [2.05, 4.69) is 0 Å². The molecule has 0 saturated heterocycles. The summed E-state index contributed by atoms with van der Waals surface area (Å²) in [6, 6.07) is 5.80. The van der Waals surface area contributed by atoms with Crippen LogP contribution in [-0.2, 0) is 11.2 Å². The highest BCUT2D eigenvalue weighted by molar-refractivity contribution is 5.73. The molecule has 0 unspecified atom stereocenters. The molecule has 13 heavy (non-hydrogen) atoms. The summed E-state index contributed by atoms with van der Waals surface area (Å²) < 4.78 is 14.3. The normalized spacial score (nSPS) is 14.9. The highest BCUT2D eigenvalue weighted by Gasteiger charge is 2.11. The maximum absolute atomic E-state index is 10.5. The minimum atomic E-state index is -1.03. The van der Waals surface area contributed by atoms with Gasteiger partial charge in [-0.2, -0.15) is 0 Å². The van der Waals surface area contributed by atoms with E-state index in [9.17, 15) is 4.79 Å². The molecule has 1 aromatic carbocycles. The van der Waals surface area contributed by atoms with E-state index in [0.717, 1.165) is 5.56 Å². The highest BCUT2D eigenvalue weighted by atomic mass is 16.4. The highest BCUT2D eigenvalue weighted by Crippen LogP contribution is 2.05. The molecule has 0 aromatic heterocycles. The maximum Gasteiger partial charge on any atom is 0.320 e. The van der Waals surface area contributed by atoms with E-state index < -0.39 is 18.9 Å². The van der Waals surface area contributed by atoms with Crippen molar-refractivity contribution in [2.45, 2.75) is 19.3 Å². The minimum Gasteiger partial charge on any atom is -0.480 e. The lowest BCUT2D eigenvalue weighted by molar-refractivity contribution is -0.138. The molecule has 0 aliphatic rings. The van der Waals surface area contributed by atoms with Crippen LogP contribution in [0.1, 0.15) is 13.9 Å². The number of rotatable bonds is 3. The number of hydrogen-bond donors (Lipinski definition) is 2. The Morgan fingerprint density at radius 2 is 2.23 bits per heavy atom. The van der Waals surface area contributed by atoms with Gasteiger partial charge in [-0.05, 0) is 18.9 Å². The van der Waals surface area contributed by atoms with Crippen LogP contribution in [0, 0.1) is 6.88 Å². The molecule has 0 spiro atoms. The zero-order valence-electron chi connectivity index (χ0n) is 9.10. The lowest BCUT2D eigenvalue weighted by Crippen LogP contribution is -2.32. The number of hydrogen-bond acceptors (Lipinski definition) is 2. The second-order valence-corrected chi connectivity index (χ2v) is 2.89. The van der Waals surface area contributed by atoms with E-state index in [1.807, 2.05) is 0 Å². The molecular formula is C10H13NO2. The summed E-state index contributed by atoms with van der Waals surface area (Å²) in [5.74, 6) is -1.03. The first-order chi connectivity index (χ1) is 7.00. The van der Waals surface area contributed by atoms with Gasteiger partial charge >= 0.3 is 5.97 Å². The summed E-state index contributed by atoms with van der Waals surface area (Å²) in [6.45, 7) is -1.01.